The van der Waals surface area contributed by atoms with Crippen molar-refractivity contribution in [2.24, 2.45) is 0 Å². The van der Waals surface area contributed by atoms with Gasteiger partial charge in [0, 0.05) is 5.56 Å². The van der Waals surface area contributed by atoms with Crippen molar-refractivity contribution in [1.29, 1.82) is 0 Å². The van der Waals surface area contributed by atoms with Gasteiger partial charge >= 0.3 is 0 Å². The largest absolute Gasteiger partial charge is 0.467 e. The molecule has 122 valence electrons. The van der Waals surface area contributed by atoms with Gasteiger partial charge in [-0.3, -0.25) is 9.59 Å². The number of rotatable bonds is 8. The normalized spacial score (nSPS) is 11.7. The predicted molar refractivity (Wildman–Crippen MR) is 91.2 cm³/mol. The van der Waals surface area contributed by atoms with Gasteiger partial charge in [0.05, 0.1) is 12.8 Å². The highest BCUT2D eigenvalue weighted by Crippen LogP contribution is 2.05. The lowest BCUT2D eigenvalue weighted by Gasteiger charge is -2.18. The van der Waals surface area contributed by atoms with E-state index in [2.05, 4.69) is 10.6 Å². The monoisotopic (exact) mass is 332 g/mol. The van der Waals surface area contributed by atoms with Gasteiger partial charge < -0.3 is 15.1 Å². The summed E-state index contributed by atoms with van der Waals surface area (Å²) in [5, 5.41) is 5.60. The van der Waals surface area contributed by atoms with Gasteiger partial charge in [0.2, 0.25) is 5.91 Å². The summed E-state index contributed by atoms with van der Waals surface area (Å²) in [6.45, 7) is 0.308. The predicted octanol–water partition coefficient (Wildman–Crippen LogP) is 2.45. The number of carbonyl (C=O) groups excluding carboxylic acids is 2. The van der Waals surface area contributed by atoms with E-state index in [1.165, 1.54) is 0 Å². The minimum atomic E-state index is -0.565. The minimum absolute atomic E-state index is 0.209. The molecule has 2 N–H and O–H groups in total. The molecule has 0 fully saturated rings. The Hall–Kier alpha value is -2.21. The van der Waals surface area contributed by atoms with Crippen molar-refractivity contribution >= 4 is 23.6 Å². The average Bonchev–Trinajstić information content (AvgIpc) is 3.10. The summed E-state index contributed by atoms with van der Waals surface area (Å²) in [5.41, 5.74) is 0.542. The van der Waals surface area contributed by atoms with Crippen molar-refractivity contribution in [3.63, 3.8) is 0 Å². The minimum Gasteiger partial charge on any atom is -0.467 e. The van der Waals surface area contributed by atoms with E-state index >= 15 is 0 Å². The standard InChI is InChI=1S/C17H20N2O3S/c1-23-11-9-15(17(21)18-12-14-8-5-10-22-14)19-16(20)13-6-3-2-4-7-13/h2-8,10,15H,9,11-12H2,1H3,(H,18,21)(H,19,20)/t15-/m1/s1. The quantitative estimate of drug-likeness (QED) is 0.779. The fourth-order valence-electron chi connectivity index (χ4n) is 2.05. The van der Waals surface area contributed by atoms with Crippen molar-refractivity contribution in [3.8, 4) is 0 Å². The SMILES string of the molecule is CSCC[C@@H](NC(=O)c1ccccc1)C(=O)NCc1ccco1. The number of amides is 2. The van der Waals surface area contributed by atoms with E-state index in [1.54, 1.807) is 54.4 Å². The molecule has 0 saturated heterocycles. The molecule has 5 nitrogen and oxygen atoms in total. The first-order chi connectivity index (χ1) is 11.2. The number of nitrogens with one attached hydrogen (secondary N) is 2. The van der Waals surface area contributed by atoms with E-state index in [1.807, 2.05) is 12.3 Å². The zero-order valence-electron chi connectivity index (χ0n) is 13.0. The fraction of sp³-hybridized carbons (Fsp3) is 0.294. The van der Waals surface area contributed by atoms with Crippen LogP contribution >= 0.6 is 11.8 Å². The van der Waals surface area contributed by atoms with Gasteiger partial charge in [0.15, 0.2) is 0 Å². The van der Waals surface area contributed by atoms with Crippen LogP contribution in [0, 0.1) is 0 Å². The molecule has 1 atom stereocenters. The lowest BCUT2D eigenvalue weighted by atomic mass is 10.1. The number of benzene rings is 1. The van der Waals surface area contributed by atoms with Crippen LogP contribution in [0.25, 0.3) is 0 Å². The summed E-state index contributed by atoms with van der Waals surface area (Å²) < 4.78 is 5.19. The second kappa shape index (κ2) is 9.05. The molecular formula is C17H20N2O3S. The molecule has 2 amide bonds. The van der Waals surface area contributed by atoms with Gasteiger partial charge in [-0.2, -0.15) is 11.8 Å². The second-order valence-electron chi connectivity index (χ2n) is 4.97. The maximum Gasteiger partial charge on any atom is 0.251 e. The van der Waals surface area contributed by atoms with Gasteiger partial charge in [-0.05, 0) is 42.7 Å². The van der Waals surface area contributed by atoms with Crippen molar-refractivity contribution < 1.29 is 14.0 Å². The molecule has 2 aromatic rings. The van der Waals surface area contributed by atoms with E-state index in [4.69, 9.17) is 4.42 Å². The van der Waals surface area contributed by atoms with Crippen molar-refractivity contribution in [1.82, 2.24) is 10.6 Å². The maximum absolute atomic E-state index is 12.3. The summed E-state index contributed by atoms with van der Waals surface area (Å²) in [5.74, 6) is 1.01. The van der Waals surface area contributed by atoms with Crippen LogP contribution in [0.3, 0.4) is 0 Å². The van der Waals surface area contributed by atoms with E-state index < -0.39 is 6.04 Å². The molecule has 6 heteroatoms. The Balaban J connectivity index is 1.95. The summed E-state index contributed by atoms with van der Waals surface area (Å²) in [6.07, 6.45) is 4.10. The second-order valence-corrected chi connectivity index (χ2v) is 5.96. The smallest absolute Gasteiger partial charge is 0.251 e. The number of thioether (sulfide) groups is 1. The maximum atomic E-state index is 12.3. The molecular weight excluding hydrogens is 312 g/mol. The lowest BCUT2D eigenvalue weighted by molar-refractivity contribution is -0.123. The molecule has 0 saturated carbocycles. The molecule has 0 aliphatic carbocycles. The highest BCUT2D eigenvalue weighted by molar-refractivity contribution is 7.98. The Bertz CT molecular complexity index is 614. The molecule has 0 aliphatic heterocycles. The third-order valence-corrected chi connectivity index (χ3v) is 3.93. The van der Waals surface area contributed by atoms with Crippen LogP contribution in [0.5, 0.6) is 0 Å². The van der Waals surface area contributed by atoms with Gasteiger partial charge in [-0.15, -0.1) is 0 Å². The van der Waals surface area contributed by atoms with Gasteiger partial charge in [0.25, 0.3) is 5.91 Å². The molecule has 0 spiro atoms. The topological polar surface area (TPSA) is 71.3 Å². The highest BCUT2D eigenvalue weighted by Gasteiger charge is 2.21. The van der Waals surface area contributed by atoms with Crippen LogP contribution < -0.4 is 10.6 Å². The Morgan fingerprint density at radius 1 is 1.17 bits per heavy atom. The van der Waals surface area contributed by atoms with Crippen LogP contribution in [-0.4, -0.2) is 29.9 Å². The summed E-state index contributed by atoms with van der Waals surface area (Å²) in [6, 6.07) is 11.9. The molecule has 23 heavy (non-hydrogen) atoms. The number of hydrogen-bond donors (Lipinski definition) is 2. The molecule has 1 heterocycles. The molecule has 1 aromatic heterocycles. The Morgan fingerprint density at radius 3 is 2.61 bits per heavy atom. The molecule has 0 radical (unpaired) electrons. The van der Waals surface area contributed by atoms with Crippen molar-refractivity contribution in [2.45, 2.75) is 19.0 Å². The average molecular weight is 332 g/mol. The lowest BCUT2D eigenvalue weighted by Crippen LogP contribution is -2.46. The van der Waals surface area contributed by atoms with Crippen molar-refractivity contribution in [3.05, 3.63) is 60.1 Å². The van der Waals surface area contributed by atoms with Gasteiger partial charge in [0.1, 0.15) is 11.8 Å². The molecule has 0 aliphatic rings. The number of carbonyl (C=O) groups is 2. The van der Waals surface area contributed by atoms with Crippen LogP contribution in [-0.2, 0) is 11.3 Å². The van der Waals surface area contributed by atoms with E-state index in [-0.39, 0.29) is 11.8 Å². The first-order valence-electron chi connectivity index (χ1n) is 7.35. The molecule has 0 unspecified atom stereocenters. The molecule has 0 bridgehead atoms. The van der Waals surface area contributed by atoms with Crippen LogP contribution in [0.15, 0.2) is 53.1 Å². The van der Waals surface area contributed by atoms with Gasteiger partial charge in [-0.1, -0.05) is 18.2 Å². The van der Waals surface area contributed by atoms with E-state index in [0.29, 0.717) is 24.3 Å². The Labute approximate surface area is 139 Å². The van der Waals surface area contributed by atoms with E-state index in [0.717, 1.165) is 5.75 Å². The van der Waals surface area contributed by atoms with E-state index in [9.17, 15) is 9.59 Å². The molecule has 1 aromatic carbocycles. The first kappa shape index (κ1) is 17.1. The summed E-state index contributed by atoms with van der Waals surface area (Å²) in [7, 11) is 0. The third kappa shape index (κ3) is 5.49. The van der Waals surface area contributed by atoms with Crippen LogP contribution in [0.1, 0.15) is 22.5 Å². The zero-order chi connectivity index (χ0) is 16.5. The summed E-state index contributed by atoms with van der Waals surface area (Å²) in [4.78, 5) is 24.6. The van der Waals surface area contributed by atoms with Crippen molar-refractivity contribution in [2.75, 3.05) is 12.0 Å². The van der Waals surface area contributed by atoms with Crippen LogP contribution in [0.4, 0.5) is 0 Å². The zero-order valence-corrected chi connectivity index (χ0v) is 13.8. The molecule has 2 rings (SSSR count). The summed E-state index contributed by atoms with van der Waals surface area (Å²) >= 11 is 1.64. The highest BCUT2D eigenvalue weighted by atomic mass is 32.2. The first-order valence-corrected chi connectivity index (χ1v) is 8.75. The van der Waals surface area contributed by atoms with Crippen LogP contribution in [0.2, 0.25) is 0 Å². The Morgan fingerprint density at radius 2 is 1.96 bits per heavy atom. The third-order valence-electron chi connectivity index (χ3n) is 3.29. The number of hydrogen-bond acceptors (Lipinski definition) is 4. The Kier molecular flexibility index (Phi) is 6.75. The fourth-order valence-corrected chi connectivity index (χ4v) is 2.52. The van der Waals surface area contributed by atoms with Gasteiger partial charge in [-0.25, -0.2) is 0 Å². The number of furan rings is 1.